The van der Waals surface area contributed by atoms with E-state index in [1.54, 1.807) is 12.1 Å². The van der Waals surface area contributed by atoms with Gasteiger partial charge in [0.2, 0.25) is 0 Å². The van der Waals surface area contributed by atoms with Crippen LogP contribution in [0.25, 0.3) is 0 Å². The molecule has 1 N–H and O–H groups in total. The third-order valence-corrected chi connectivity index (χ3v) is 3.21. The van der Waals surface area contributed by atoms with Crippen LogP contribution in [-0.4, -0.2) is 41.6 Å². The van der Waals surface area contributed by atoms with Crippen LogP contribution in [0, 0.1) is 0 Å². The van der Waals surface area contributed by atoms with Crippen LogP contribution in [0.5, 0.6) is 0 Å². The normalized spacial score (nSPS) is 19.4. The zero-order valence-electron chi connectivity index (χ0n) is 10.8. The minimum atomic E-state index is -0.961. The average Bonchev–Trinajstić information content (AvgIpc) is 2.87. The molecule has 0 spiro atoms. The molecule has 1 aromatic heterocycles. The molecule has 1 aromatic rings. The number of carboxylic acid groups (broad SMARTS) is 1. The quantitative estimate of drug-likeness (QED) is 0.894. The second kappa shape index (κ2) is 5.88. The van der Waals surface area contributed by atoms with Crippen LogP contribution in [0.1, 0.15) is 35.6 Å². The topological polar surface area (TPSA) is 80.0 Å². The smallest absolute Gasteiger partial charge is 0.326 e. The highest BCUT2D eigenvalue weighted by Crippen LogP contribution is 2.21. The van der Waals surface area contributed by atoms with Crippen LogP contribution in [0.15, 0.2) is 16.5 Å². The van der Waals surface area contributed by atoms with Gasteiger partial charge >= 0.3 is 5.97 Å². The molecule has 2 heterocycles. The van der Waals surface area contributed by atoms with Crippen molar-refractivity contribution in [2.45, 2.75) is 31.9 Å². The number of likely N-dealkylation sites (tertiary alicyclic amines) is 1. The Hall–Kier alpha value is -1.82. The van der Waals surface area contributed by atoms with Gasteiger partial charge in [-0.1, -0.05) is 0 Å². The van der Waals surface area contributed by atoms with E-state index in [4.69, 9.17) is 14.3 Å². The molecule has 0 aliphatic carbocycles. The Morgan fingerprint density at radius 2 is 2.26 bits per heavy atom. The number of furan rings is 1. The monoisotopic (exact) mass is 267 g/mol. The first-order valence-electron chi connectivity index (χ1n) is 6.25. The van der Waals surface area contributed by atoms with Crippen molar-refractivity contribution in [2.24, 2.45) is 0 Å². The summed E-state index contributed by atoms with van der Waals surface area (Å²) in [4.78, 5) is 24.8. The highest BCUT2D eigenvalue weighted by Gasteiger charge is 2.33. The summed E-state index contributed by atoms with van der Waals surface area (Å²) in [6.07, 6.45) is 2.14. The van der Waals surface area contributed by atoms with E-state index in [1.165, 1.54) is 12.0 Å². The maximum absolute atomic E-state index is 12.3. The van der Waals surface area contributed by atoms with Gasteiger partial charge in [0.15, 0.2) is 5.76 Å². The SMILES string of the molecule is COCc1ccc(C(=O)N2CCCC[C@@H]2C(=O)O)o1. The van der Waals surface area contributed by atoms with Crippen molar-refractivity contribution in [1.82, 2.24) is 4.90 Å². The van der Waals surface area contributed by atoms with Crippen molar-refractivity contribution in [3.63, 3.8) is 0 Å². The molecule has 104 valence electrons. The summed E-state index contributed by atoms with van der Waals surface area (Å²) in [5.74, 6) is -0.610. The first-order chi connectivity index (χ1) is 9.13. The van der Waals surface area contributed by atoms with E-state index >= 15 is 0 Å². The van der Waals surface area contributed by atoms with E-state index in [2.05, 4.69) is 0 Å². The van der Waals surface area contributed by atoms with Gasteiger partial charge in [-0.3, -0.25) is 4.79 Å². The summed E-state index contributed by atoms with van der Waals surface area (Å²) in [7, 11) is 1.54. The molecule has 6 heteroatoms. The Bertz CT molecular complexity index is 467. The second-order valence-electron chi connectivity index (χ2n) is 4.55. The highest BCUT2D eigenvalue weighted by molar-refractivity contribution is 5.94. The Morgan fingerprint density at radius 1 is 1.47 bits per heavy atom. The standard InChI is InChI=1S/C13H17NO5/c1-18-8-9-5-6-11(19-9)12(15)14-7-3-2-4-10(14)13(16)17/h5-6,10H,2-4,7-8H2,1H3,(H,16,17)/t10-/m1/s1. The van der Waals surface area contributed by atoms with Crippen LogP contribution in [0.4, 0.5) is 0 Å². The maximum Gasteiger partial charge on any atom is 0.326 e. The van der Waals surface area contributed by atoms with E-state index in [9.17, 15) is 9.59 Å². The van der Waals surface area contributed by atoms with Crippen LogP contribution in [0.2, 0.25) is 0 Å². The molecule has 0 radical (unpaired) electrons. The molecule has 6 nitrogen and oxygen atoms in total. The fourth-order valence-corrected chi connectivity index (χ4v) is 2.29. The maximum atomic E-state index is 12.3. The van der Waals surface area contributed by atoms with Crippen molar-refractivity contribution in [3.05, 3.63) is 23.7 Å². The van der Waals surface area contributed by atoms with Crippen molar-refractivity contribution in [2.75, 3.05) is 13.7 Å². The molecular formula is C13H17NO5. The van der Waals surface area contributed by atoms with Crippen molar-refractivity contribution < 1.29 is 23.8 Å². The Kier molecular flexibility index (Phi) is 4.21. The molecule has 0 bridgehead atoms. The van der Waals surface area contributed by atoms with Gasteiger partial charge in [0.25, 0.3) is 5.91 Å². The summed E-state index contributed by atoms with van der Waals surface area (Å²) >= 11 is 0. The number of carbonyl (C=O) groups is 2. The van der Waals surface area contributed by atoms with Crippen molar-refractivity contribution in [1.29, 1.82) is 0 Å². The lowest BCUT2D eigenvalue weighted by Crippen LogP contribution is -2.47. The third-order valence-electron chi connectivity index (χ3n) is 3.21. The lowest BCUT2D eigenvalue weighted by molar-refractivity contribution is -0.143. The Morgan fingerprint density at radius 3 is 2.95 bits per heavy atom. The average molecular weight is 267 g/mol. The molecule has 2 rings (SSSR count). The predicted molar refractivity (Wildman–Crippen MR) is 65.7 cm³/mol. The van der Waals surface area contributed by atoms with E-state index in [-0.39, 0.29) is 18.3 Å². The van der Waals surface area contributed by atoms with E-state index < -0.39 is 12.0 Å². The van der Waals surface area contributed by atoms with E-state index in [0.717, 1.165) is 12.8 Å². The van der Waals surface area contributed by atoms with Gasteiger partial charge in [0.1, 0.15) is 18.4 Å². The molecule has 0 unspecified atom stereocenters. The Balaban J connectivity index is 2.14. The fraction of sp³-hybridized carbons (Fsp3) is 0.538. The second-order valence-corrected chi connectivity index (χ2v) is 4.55. The number of aliphatic carboxylic acids is 1. The molecule has 0 saturated carbocycles. The zero-order valence-corrected chi connectivity index (χ0v) is 10.8. The van der Waals surface area contributed by atoms with E-state index in [0.29, 0.717) is 18.7 Å². The zero-order chi connectivity index (χ0) is 13.8. The van der Waals surface area contributed by atoms with Crippen LogP contribution in [0.3, 0.4) is 0 Å². The molecule has 1 aliphatic rings. The number of nitrogens with zero attached hydrogens (tertiary/aromatic N) is 1. The number of piperidine rings is 1. The fourth-order valence-electron chi connectivity index (χ4n) is 2.29. The predicted octanol–water partition coefficient (Wildman–Crippen LogP) is 1.51. The summed E-state index contributed by atoms with van der Waals surface area (Å²) in [5.41, 5.74) is 0. The number of hydrogen-bond donors (Lipinski definition) is 1. The molecule has 1 amide bonds. The number of rotatable bonds is 4. The largest absolute Gasteiger partial charge is 0.480 e. The van der Waals surface area contributed by atoms with Crippen LogP contribution < -0.4 is 0 Å². The van der Waals surface area contributed by atoms with Crippen LogP contribution in [-0.2, 0) is 16.1 Å². The lowest BCUT2D eigenvalue weighted by atomic mass is 10.0. The molecule has 1 aliphatic heterocycles. The van der Waals surface area contributed by atoms with Gasteiger partial charge in [0.05, 0.1) is 0 Å². The molecule has 1 atom stereocenters. The Labute approximate surface area is 110 Å². The molecule has 19 heavy (non-hydrogen) atoms. The summed E-state index contributed by atoms with van der Waals surface area (Å²) < 4.78 is 10.3. The third kappa shape index (κ3) is 2.96. The summed E-state index contributed by atoms with van der Waals surface area (Å²) in [6.45, 7) is 0.742. The summed E-state index contributed by atoms with van der Waals surface area (Å²) in [6, 6.07) is 2.47. The van der Waals surface area contributed by atoms with Gasteiger partial charge in [0, 0.05) is 13.7 Å². The van der Waals surface area contributed by atoms with Gasteiger partial charge < -0.3 is 19.2 Å². The molecule has 0 aromatic carbocycles. The number of carboxylic acids is 1. The number of carbonyl (C=O) groups excluding carboxylic acids is 1. The van der Waals surface area contributed by atoms with Gasteiger partial charge in [-0.2, -0.15) is 0 Å². The van der Waals surface area contributed by atoms with E-state index in [1.807, 2.05) is 0 Å². The number of ether oxygens (including phenoxy) is 1. The molecule has 1 fully saturated rings. The molecule has 1 saturated heterocycles. The number of hydrogen-bond acceptors (Lipinski definition) is 4. The first kappa shape index (κ1) is 13.6. The number of methoxy groups -OCH3 is 1. The minimum absolute atomic E-state index is 0.167. The highest BCUT2D eigenvalue weighted by atomic mass is 16.5. The van der Waals surface area contributed by atoms with Crippen molar-refractivity contribution >= 4 is 11.9 Å². The first-order valence-corrected chi connectivity index (χ1v) is 6.25. The summed E-state index contributed by atoms with van der Waals surface area (Å²) in [5, 5.41) is 9.15. The van der Waals surface area contributed by atoms with Crippen LogP contribution >= 0.6 is 0 Å². The van der Waals surface area contributed by atoms with Gasteiger partial charge in [-0.25, -0.2) is 4.79 Å². The lowest BCUT2D eigenvalue weighted by Gasteiger charge is -2.32. The van der Waals surface area contributed by atoms with Gasteiger partial charge in [-0.05, 0) is 31.4 Å². The van der Waals surface area contributed by atoms with Crippen molar-refractivity contribution in [3.8, 4) is 0 Å². The number of amides is 1. The minimum Gasteiger partial charge on any atom is -0.480 e. The molecular weight excluding hydrogens is 250 g/mol. The van der Waals surface area contributed by atoms with Gasteiger partial charge in [-0.15, -0.1) is 0 Å².